The molecule has 26 heavy (non-hydrogen) atoms. The molecule has 0 saturated heterocycles. The van der Waals surface area contributed by atoms with Crippen molar-refractivity contribution >= 4 is 28.0 Å². The Balaban J connectivity index is 1.71. The van der Waals surface area contributed by atoms with E-state index in [1.165, 1.54) is 11.3 Å². The highest BCUT2D eigenvalue weighted by Gasteiger charge is 2.19. The number of Topliss-reactive ketones (excluding diaryl/α,β-unsaturated/α-hetero) is 1. The van der Waals surface area contributed by atoms with E-state index in [9.17, 15) is 9.59 Å². The maximum atomic E-state index is 12.8. The lowest BCUT2D eigenvalue weighted by molar-refractivity contribution is 0.0964. The second-order valence-electron chi connectivity index (χ2n) is 5.93. The molecule has 8 heteroatoms. The number of thiazole rings is 1. The molecule has 0 aliphatic heterocycles. The summed E-state index contributed by atoms with van der Waals surface area (Å²) < 4.78 is 3.05. The van der Waals surface area contributed by atoms with E-state index >= 15 is 0 Å². The number of nitrogens with zero attached hydrogens (tertiary/aromatic N) is 5. The van der Waals surface area contributed by atoms with Gasteiger partial charge in [-0.25, -0.2) is 9.67 Å². The largest absolute Gasteiger partial charge is 0.294 e. The summed E-state index contributed by atoms with van der Waals surface area (Å²) >= 11 is 1.50. The number of ketones is 1. The Morgan fingerprint density at radius 1 is 1.23 bits per heavy atom. The summed E-state index contributed by atoms with van der Waals surface area (Å²) in [6, 6.07) is 8.77. The van der Waals surface area contributed by atoms with E-state index < -0.39 is 0 Å². The van der Waals surface area contributed by atoms with Crippen LogP contribution >= 0.6 is 11.3 Å². The molecule has 0 radical (unpaired) electrons. The fourth-order valence-corrected chi connectivity index (χ4v) is 3.77. The van der Waals surface area contributed by atoms with Crippen LogP contribution in [0.4, 0.5) is 0 Å². The lowest BCUT2D eigenvalue weighted by Crippen LogP contribution is -2.28. The molecule has 7 nitrogen and oxygen atoms in total. The molecule has 0 atom stereocenters. The summed E-state index contributed by atoms with van der Waals surface area (Å²) in [5, 5.41) is 11.1. The minimum Gasteiger partial charge on any atom is -0.294 e. The number of carbonyl (C=O) groups is 1. The van der Waals surface area contributed by atoms with Crippen LogP contribution in [0.1, 0.15) is 21.7 Å². The smallest absolute Gasteiger partial charge is 0.278 e. The van der Waals surface area contributed by atoms with Gasteiger partial charge in [0.25, 0.3) is 5.56 Å². The van der Waals surface area contributed by atoms with Crippen molar-refractivity contribution in [1.29, 1.82) is 0 Å². The summed E-state index contributed by atoms with van der Waals surface area (Å²) in [6.45, 7) is 3.64. The number of benzene rings is 1. The van der Waals surface area contributed by atoms with E-state index in [1.807, 2.05) is 29.9 Å². The zero-order valence-corrected chi connectivity index (χ0v) is 15.0. The summed E-state index contributed by atoms with van der Waals surface area (Å²) in [6.07, 6.45) is 1.73. The number of fused-ring (bicyclic) bond motifs is 1. The van der Waals surface area contributed by atoms with E-state index in [1.54, 1.807) is 30.5 Å². The Hall–Kier alpha value is -3.13. The van der Waals surface area contributed by atoms with Crippen LogP contribution in [0, 0.1) is 13.8 Å². The molecule has 4 rings (SSSR count). The standard InChI is InChI=1S/C18H15N5O2S/c1-11-9-14(12(2)23(11)18-19-7-8-26-18)16(24)10-22-17(25)13-5-3-4-6-15(13)20-21-22/h3-9H,10H2,1-2H3. The number of carbonyl (C=O) groups excluding carboxylic acids is 1. The van der Waals surface area contributed by atoms with Gasteiger partial charge in [0.15, 0.2) is 10.9 Å². The zero-order chi connectivity index (χ0) is 18.3. The third-order valence-corrected chi connectivity index (χ3v) is 5.02. The molecule has 0 fully saturated rings. The number of rotatable bonds is 4. The topological polar surface area (TPSA) is 82.7 Å². The van der Waals surface area contributed by atoms with Crippen molar-refractivity contribution in [2.45, 2.75) is 20.4 Å². The third-order valence-electron chi connectivity index (χ3n) is 4.26. The first-order valence-electron chi connectivity index (χ1n) is 8.01. The maximum Gasteiger partial charge on any atom is 0.278 e. The van der Waals surface area contributed by atoms with Crippen molar-refractivity contribution in [3.63, 3.8) is 0 Å². The normalized spacial score (nSPS) is 11.2. The van der Waals surface area contributed by atoms with Crippen LogP contribution in [0.5, 0.6) is 0 Å². The van der Waals surface area contributed by atoms with Gasteiger partial charge < -0.3 is 0 Å². The van der Waals surface area contributed by atoms with Gasteiger partial charge in [0.2, 0.25) is 0 Å². The second kappa shape index (κ2) is 6.30. The molecule has 130 valence electrons. The summed E-state index contributed by atoms with van der Waals surface area (Å²) in [4.78, 5) is 29.6. The van der Waals surface area contributed by atoms with Crippen molar-refractivity contribution < 1.29 is 4.79 Å². The number of hydrogen-bond donors (Lipinski definition) is 0. The van der Waals surface area contributed by atoms with Gasteiger partial charge in [0.1, 0.15) is 12.1 Å². The molecule has 0 bridgehead atoms. The van der Waals surface area contributed by atoms with Crippen molar-refractivity contribution in [2.75, 3.05) is 0 Å². The van der Waals surface area contributed by atoms with Crippen LogP contribution in [0.3, 0.4) is 0 Å². The SMILES string of the molecule is Cc1cc(C(=O)Cn2nnc3ccccc3c2=O)c(C)n1-c1nccs1. The molecule has 0 N–H and O–H groups in total. The van der Waals surface area contributed by atoms with Gasteiger partial charge in [0, 0.05) is 28.5 Å². The number of hydrogen-bond acceptors (Lipinski definition) is 6. The molecule has 0 amide bonds. The molecule has 1 aromatic carbocycles. The van der Waals surface area contributed by atoms with E-state index in [2.05, 4.69) is 15.3 Å². The van der Waals surface area contributed by atoms with Crippen molar-refractivity contribution in [3.8, 4) is 5.13 Å². The Morgan fingerprint density at radius 2 is 2.04 bits per heavy atom. The summed E-state index contributed by atoms with van der Waals surface area (Å²) in [5.74, 6) is -0.187. The minimum absolute atomic E-state index is 0.154. The van der Waals surface area contributed by atoms with Gasteiger partial charge >= 0.3 is 0 Å². The minimum atomic E-state index is -0.322. The van der Waals surface area contributed by atoms with Crippen LogP contribution in [-0.4, -0.2) is 30.3 Å². The highest BCUT2D eigenvalue weighted by molar-refractivity contribution is 7.12. The molecule has 0 saturated carbocycles. The zero-order valence-electron chi connectivity index (χ0n) is 14.2. The highest BCUT2D eigenvalue weighted by atomic mass is 32.1. The maximum absolute atomic E-state index is 12.8. The molecule has 0 aliphatic carbocycles. The fourth-order valence-electron chi connectivity index (χ4n) is 3.01. The average Bonchev–Trinajstić information content (AvgIpc) is 3.25. The van der Waals surface area contributed by atoms with Gasteiger partial charge in [-0.15, -0.1) is 16.4 Å². The lowest BCUT2D eigenvalue weighted by Gasteiger charge is -2.06. The lowest BCUT2D eigenvalue weighted by atomic mass is 10.1. The highest BCUT2D eigenvalue weighted by Crippen LogP contribution is 2.22. The van der Waals surface area contributed by atoms with E-state index in [0.29, 0.717) is 16.5 Å². The molecule has 3 aromatic heterocycles. The summed E-state index contributed by atoms with van der Waals surface area (Å²) in [7, 11) is 0. The monoisotopic (exact) mass is 365 g/mol. The van der Waals surface area contributed by atoms with Crippen LogP contribution in [0.15, 0.2) is 46.7 Å². The van der Waals surface area contributed by atoms with Crippen molar-refractivity contribution in [3.05, 3.63) is 69.2 Å². The Morgan fingerprint density at radius 3 is 2.81 bits per heavy atom. The first-order valence-corrected chi connectivity index (χ1v) is 8.89. The molecule has 0 aliphatic rings. The van der Waals surface area contributed by atoms with Gasteiger partial charge in [-0.2, -0.15) is 0 Å². The molecule has 0 unspecified atom stereocenters. The third kappa shape index (κ3) is 2.64. The van der Waals surface area contributed by atoms with Gasteiger partial charge in [0.05, 0.1) is 5.39 Å². The molecule has 3 heterocycles. The predicted molar refractivity (Wildman–Crippen MR) is 99.0 cm³/mol. The van der Waals surface area contributed by atoms with Gasteiger partial charge in [-0.05, 0) is 32.0 Å². The Kier molecular flexibility index (Phi) is 3.96. The number of aryl methyl sites for hydroxylation is 1. The van der Waals surface area contributed by atoms with Crippen LogP contribution in [-0.2, 0) is 6.54 Å². The second-order valence-corrected chi connectivity index (χ2v) is 6.80. The van der Waals surface area contributed by atoms with Crippen LogP contribution in [0.2, 0.25) is 0 Å². The van der Waals surface area contributed by atoms with Crippen LogP contribution in [0.25, 0.3) is 16.0 Å². The quantitative estimate of drug-likeness (QED) is 0.519. The van der Waals surface area contributed by atoms with E-state index in [4.69, 9.17) is 0 Å². The fraction of sp³-hybridized carbons (Fsp3) is 0.167. The van der Waals surface area contributed by atoms with Gasteiger partial charge in [-0.3, -0.25) is 14.2 Å². The molecule has 4 aromatic rings. The molecular weight excluding hydrogens is 350 g/mol. The van der Waals surface area contributed by atoms with E-state index in [-0.39, 0.29) is 17.9 Å². The number of aromatic nitrogens is 5. The average molecular weight is 365 g/mol. The first kappa shape index (κ1) is 16.3. The van der Waals surface area contributed by atoms with Crippen molar-refractivity contribution in [2.24, 2.45) is 0 Å². The van der Waals surface area contributed by atoms with Crippen molar-refractivity contribution in [1.82, 2.24) is 24.5 Å². The van der Waals surface area contributed by atoms with Crippen LogP contribution < -0.4 is 5.56 Å². The van der Waals surface area contributed by atoms with E-state index in [0.717, 1.165) is 21.2 Å². The molecular formula is C18H15N5O2S. The first-order chi connectivity index (χ1) is 12.6. The van der Waals surface area contributed by atoms with Gasteiger partial charge in [-0.1, -0.05) is 17.3 Å². The Bertz CT molecular complexity index is 1170. The molecule has 0 spiro atoms. The Labute approximate surface area is 152 Å². The summed E-state index contributed by atoms with van der Waals surface area (Å²) in [5.41, 5.74) is 2.46. The predicted octanol–water partition coefficient (Wildman–Crippen LogP) is 2.54.